The Morgan fingerprint density at radius 1 is 1.07 bits per heavy atom. The number of nitrogens with one attached hydrogen (secondary N) is 2. The Kier molecular flexibility index (Phi) is 9.04. The molecule has 2 aromatic carbocycles. The lowest BCUT2D eigenvalue weighted by molar-refractivity contribution is 0.0827. The molecule has 0 radical (unpaired) electrons. The molecular formula is C23H28IN5O. The first-order valence-electron chi connectivity index (χ1n) is 9.66. The van der Waals surface area contributed by atoms with E-state index in [9.17, 15) is 4.79 Å². The molecule has 1 heterocycles. The summed E-state index contributed by atoms with van der Waals surface area (Å²) in [5.74, 6) is 0.749. The molecule has 0 aliphatic carbocycles. The second-order valence-electron chi connectivity index (χ2n) is 6.99. The number of hydrogen-bond donors (Lipinski definition) is 2. The van der Waals surface area contributed by atoms with Crippen LogP contribution in [0.4, 0.5) is 0 Å². The number of pyridine rings is 1. The van der Waals surface area contributed by atoms with E-state index in [0.29, 0.717) is 18.7 Å². The molecule has 0 atom stereocenters. The highest BCUT2D eigenvalue weighted by Crippen LogP contribution is 2.15. The van der Waals surface area contributed by atoms with Crippen molar-refractivity contribution in [1.29, 1.82) is 0 Å². The van der Waals surface area contributed by atoms with Gasteiger partial charge in [-0.25, -0.2) is 0 Å². The lowest BCUT2D eigenvalue weighted by Gasteiger charge is -2.14. The van der Waals surface area contributed by atoms with E-state index in [4.69, 9.17) is 0 Å². The smallest absolute Gasteiger partial charge is 0.253 e. The van der Waals surface area contributed by atoms with Gasteiger partial charge in [0.1, 0.15) is 0 Å². The number of rotatable bonds is 6. The molecule has 0 unspecified atom stereocenters. The van der Waals surface area contributed by atoms with Crippen LogP contribution >= 0.6 is 24.0 Å². The SMILES string of the molecule is CN=C(NCCc1cccc(C(=O)N(C)C)c1)NCc1cccc2cccnc12.I. The first kappa shape index (κ1) is 23.6. The van der Waals surface area contributed by atoms with Crippen LogP contribution in [0.15, 0.2) is 65.8 Å². The molecule has 0 aliphatic heterocycles. The Morgan fingerprint density at radius 2 is 1.83 bits per heavy atom. The molecule has 7 heteroatoms. The third-order valence-corrected chi connectivity index (χ3v) is 4.67. The van der Waals surface area contributed by atoms with Gasteiger partial charge in [-0.05, 0) is 35.7 Å². The van der Waals surface area contributed by atoms with Crippen molar-refractivity contribution in [1.82, 2.24) is 20.5 Å². The third kappa shape index (κ3) is 6.16. The lowest BCUT2D eigenvalue weighted by Crippen LogP contribution is -2.37. The second-order valence-corrected chi connectivity index (χ2v) is 6.99. The number of amides is 1. The number of hydrogen-bond acceptors (Lipinski definition) is 3. The molecule has 3 aromatic rings. The van der Waals surface area contributed by atoms with Crippen LogP contribution in [0.25, 0.3) is 10.9 Å². The monoisotopic (exact) mass is 517 g/mol. The number of nitrogens with zero attached hydrogens (tertiary/aromatic N) is 3. The minimum absolute atomic E-state index is 0. The van der Waals surface area contributed by atoms with Gasteiger partial charge in [-0.15, -0.1) is 24.0 Å². The zero-order valence-corrected chi connectivity index (χ0v) is 19.9. The number of aromatic nitrogens is 1. The Balaban J connectivity index is 0.00000320. The Hall–Kier alpha value is -2.68. The van der Waals surface area contributed by atoms with Crippen molar-refractivity contribution in [3.8, 4) is 0 Å². The number of halogens is 1. The number of fused-ring (bicyclic) bond motifs is 1. The largest absolute Gasteiger partial charge is 0.356 e. The van der Waals surface area contributed by atoms with Gasteiger partial charge in [-0.3, -0.25) is 14.8 Å². The van der Waals surface area contributed by atoms with Gasteiger partial charge in [0.25, 0.3) is 5.91 Å². The van der Waals surface area contributed by atoms with Crippen molar-refractivity contribution in [2.75, 3.05) is 27.7 Å². The van der Waals surface area contributed by atoms with Crippen LogP contribution in [0.3, 0.4) is 0 Å². The highest BCUT2D eigenvalue weighted by Gasteiger charge is 2.08. The Morgan fingerprint density at radius 3 is 2.60 bits per heavy atom. The van der Waals surface area contributed by atoms with Crippen LogP contribution in [0, 0.1) is 0 Å². The zero-order valence-electron chi connectivity index (χ0n) is 17.6. The molecule has 0 fully saturated rings. The lowest BCUT2D eigenvalue weighted by atomic mass is 10.1. The molecule has 0 spiro atoms. The van der Waals surface area contributed by atoms with Crippen molar-refractivity contribution in [2.45, 2.75) is 13.0 Å². The van der Waals surface area contributed by atoms with E-state index in [1.54, 1.807) is 26.0 Å². The molecule has 0 aliphatic rings. The highest BCUT2D eigenvalue weighted by molar-refractivity contribution is 14.0. The molecule has 6 nitrogen and oxygen atoms in total. The molecular weight excluding hydrogens is 489 g/mol. The van der Waals surface area contributed by atoms with E-state index in [0.717, 1.165) is 34.4 Å². The average molecular weight is 517 g/mol. The highest BCUT2D eigenvalue weighted by atomic mass is 127. The van der Waals surface area contributed by atoms with Crippen LogP contribution in [-0.4, -0.2) is 49.4 Å². The molecule has 0 bridgehead atoms. The molecule has 30 heavy (non-hydrogen) atoms. The minimum Gasteiger partial charge on any atom is -0.356 e. The van der Waals surface area contributed by atoms with E-state index in [1.165, 1.54) is 0 Å². The Labute approximate surface area is 194 Å². The Bertz CT molecular complexity index is 1010. The van der Waals surface area contributed by atoms with Gasteiger partial charge in [0.15, 0.2) is 5.96 Å². The maximum Gasteiger partial charge on any atom is 0.253 e. The van der Waals surface area contributed by atoms with Gasteiger partial charge in [0.05, 0.1) is 5.52 Å². The van der Waals surface area contributed by atoms with E-state index in [-0.39, 0.29) is 29.9 Å². The second kappa shape index (κ2) is 11.5. The van der Waals surface area contributed by atoms with E-state index >= 15 is 0 Å². The fourth-order valence-corrected chi connectivity index (χ4v) is 3.15. The number of guanidine groups is 1. The number of carbonyl (C=O) groups is 1. The van der Waals surface area contributed by atoms with Gasteiger partial charge < -0.3 is 15.5 Å². The predicted octanol–water partition coefficient (Wildman–Crippen LogP) is 3.46. The number of aliphatic imine (C=N–C) groups is 1. The van der Waals surface area contributed by atoms with Gasteiger partial charge in [0, 0.05) is 51.4 Å². The van der Waals surface area contributed by atoms with Crippen LogP contribution in [0.2, 0.25) is 0 Å². The number of carbonyl (C=O) groups excluding carboxylic acids is 1. The summed E-state index contributed by atoms with van der Waals surface area (Å²) in [7, 11) is 5.28. The number of benzene rings is 2. The first-order valence-corrected chi connectivity index (χ1v) is 9.66. The predicted molar refractivity (Wildman–Crippen MR) is 134 cm³/mol. The molecule has 1 amide bonds. The first-order chi connectivity index (χ1) is 14.1. The fourth-order valence-electron chi connectivity index (χ4n) is 3.15. The average Bonchev–Trinajstić information content (AvgIpc) is 2.75. The van der Waals surface area contributed by atoms with Gasteiger partial charge in [-0.1, -0.05) is 36.4 Å². The molecule has 3 rings (SSSR count). The maximum atomic E-state index is 12.1. The van der Waals surface area contributed by atoms with Gasteiger partial charge >= 0.3 is 0 Å². The van der Waals surface area contributed by atoms with Crippen molar-refractivity contribution >= 4 is 46.7 Å². The summed E-state index contributed by atoms with van der Waals surface area (Å²) in [5, 5.41) is 7.80. The minimum atomic E-state index is 0. The summed E-state index contributed by atoms with van der Waals surface area (Å²) in [6.45, 7) is 1.36. The van der Waals surface area contributed by atoms with Crippen molar-refractivity contribution in [3.05, 3.63) is 77.5 Å². The summed E-state index contributed by atoms with van der Waals surface area (Å²) in [5.41, 5.74) is 3.94. The van der Waals surface area contributed by atoms with E-state index in [2.05, 4.69) is 38.8 Å². The van der Waals surface area contributed by atoms with Crippen LogP contribution in [0.1, 0.15) is 21.5 Å². The molecule has 158 valence electrons. The quantitative estimate of drug-likeness (QED) is 0.299. The topological polar surface area (TPSA) is 69.6 Å². The fraction of sp³-hybridized carbons (Fsp3) is 0.261. The number of para-hydroxylation sites is 1. The van der Waals surface area contributed by atoms with Crippen molar-refractivity contribution < 1.29 is 4.79 Å². The normalized spacial score (nSPS) is 11.0. The molecule has 0 saturated heterocycles. The summed E-state index contributed by atoms with van der Waals surface area (Å²) < 4.78 is 0. The molecule has 1 aromatic heterocycles. The van der Waals surface area contributed by atoms with Gasteiger partial charge in [-0.2, -0.15) is 0 Å². The summed E-state index contributed by atoms with van der Waals surface area (Å²) in [4.78, 5) is 22.5. The molecule has 0 saturated carbocycles. The van der Waals surface area contributed by atoms with Crippen LogP contribution in [-0.2, 0) is 13.0 Å². The molecule has 2 N–H and O–H groups in total. The summed E-state index contributed by atoms with van der Waals surface area (Å²) in [6.07, 6.45) is 2.61. The van der Waals surface area contributed by atoms with Gasteiger partial charge in [0.2, 0.25) is 0 Å². The summed E-state index contributed by atoms with van der Waals surface area (Å²) in [6, 6.07) is 17.9. The van der Waals surface area contributed by atoms with Crippen molar-refractivity contribution in [2.24, 2.45) is 4.99 Å². The van der Waals surface area contributed by atoms with Crippen LogP contribution in [0.5, 0.6) is 0 Å². The van der Waals surface area contributed by atoms with E-state index in [1.807, 2.05) is 42.6 Å². The third-order valence-electron chi connectivity index (χ3n) is 4.67. The zero-order chi connectivity index (χ0) is 20.6. The summed E-state index contributed by atoms with van der Waals surface area (Å²) >= 11 is 0. The van der Waals surface area contributed by atoms with Crippen molar-refractivity contribution in [3.63, 3.8) is 0 Å². The van der Waals surface area contributed by atoms with E-state index < -0.39 is 0 Å². The van der Waals surface area contributed by atoms with Crippen LogP contribution < -0.4 is 10.6 Å². The standard InChI is InChI=1S/C23H27N5O.HI/c1-24-23(27-16-20-10-5-8-18-11-6-13-25-21(18)20)26-14-12-17-7-4-9-19(15-17)22(29)28(2)3;/h4-11,13,15H,12,14,16H2,1-3H3,(H2,24,26,27);1H. The maximum absolute atomic E-state index is 12.1.